The summed E-state index contributed by atoms with van der Waals surface area (Å²) in [5, 5.41) is 7.59. The predicted molar refractivity (Wildman–Crippen MR) is 69.9 cm³/mol. The number of aryl methyl sites for hydroxylation is 2. The molecule has 0 saturated carbocycles. The van der Waals surface area contributed by atoms with Gasteiger partial charge in [-0.1, -0.05) is 0 Å². The van der Waals surface area contributed by atoms with Crippen LogP contribution in [0.2, 0.25) is 0 Å². The maximum Gasteiger partial charge on any atom is 0.231 e. The average molecular weight is 261 g/mol. The van der Waals surface area contributed by atoms with Gasteiger partial charge in [-0.3, -0.25) is 9.48 Å². The molecule has 2 saturated heterocycles. The summed E-state index contributed by atoms with van der Waals surface area (Å²) < 4.78 is 7.58. The Morgan fingerprint density at radius 1 is 1.42 bits per heavy atom. The fourth-order valence-electron chi connectivity index (χ4n) is 3.80. The van der Waals surface area contributed by atoms with Crippen LogP contribution >= 0.6 is 0 Å². The van der Waals surface area contributed by atoms with Crippen LogP contribution in [0, 0.1) is 5.92 Å². The Morgan fingerprint density at radius 3 is 3.05 bits per heavy atom. The third kappa shape index (κ3) is 1.71. The third-order valence-electron chi connectivity index (χ3n) is 4.75. The maximum absolute atomic E-state index is 12.4. The number of hydrogen-bond acceptors (Lipinski definition) is 3. The number of nitrogens with zero attached hydrogens (tertiary/aromatic N) is 2. The normalized spacial score (nSPS) is 31.7. The fraction of sp³-hybridized carbons (Fsp3) is 0.714. The second-order valence-electron chi connectivity index (χ2n) is 5.96. The zero-order chi connectivity index (χ0) is 13.0. The standard InChI is InChI=1S/C14H19N3O2/c1-17-13(9-3-2-4-11(9)16-17)15-14(18)10-7-8-5-6-12(10)19-8/h8,10,12H,2-7H2,1H3,(H,15,18). The van der Waals surface area contributed by atoms with Crippen molar-refractivity contribution in [3.05, 3.63) is 11.3 Å². The fourth-order valence-corrected chi connectivity index (χ4v) is 3.80. The van der Waals surface area contributed by atoms with Crippen molar-refractivity contribution in [1.29, 1.82) is 0 Å². The van der Waals surface area contributed by atoms with E-state index >= 15 is 0 Å². The number of carbonyl (C=O) groups excluding carboxylic acids is 1. The summed E-state index contributed by atoms with van der Waals surface area (Å²) in [4.78, 5) is 12.4. The minimum Gasteiger partial charge on any atom is -0.374 e. The lowest BCUT2D eigenvalue weighted by atomic mass is 9.88. The van der Waals surface area contributed by atoms with E-state index in [4.69, 9.17) is 4.74 Å². The SMILES string of the molecule is Cn1nc2c(c1NC(=O)C1CC3CCC1O3)CCC2. The van der Waals surface area contributed by atoms with Gasteiger partial charge >= 0.3 is 0 Å². The van der Waals surface area contributed by atoms with Crippen molar-refractivity contribution in [3.63, 3.8) is 0 Å². The molecule has 1 amide bonds. The Hall–Kier alpha value is -1.36. The van der Waals surface area contributed by atoms with Crippen molar-refractivity contribution in [2.24, 2.45) is 13.0 Å². The summed E-state index contributed by atoms with van der Waals surface area (Å²) >= 11 is 0. The predicted octanol–water partition coefficient (Wildman–Crippen LogP) is 1.41. The molecule has 1 aliphatic carbocycles. The molecule has 1 aromatic rings. The Balaban J connectivity index is 1.54. The number of nitrogens with one attached hydrogen (secondary N) is 1. The molecule has 0 spiro atoms. The Kier molecular flexibility index (Phi) is 2.45. The van der Waals surface area contributed by atoms with Crippen molar-refractivity contribution in [2.45, 2.75) is 50.7 Å². The lowest BCUT2D eigenvalue weighted by molar-refractivity contribution is -0.121. The van der Waals surface area contributed by atoms with Crippen LogP contribution in [0.5, 0.6) is 0 Å². The highest BCUT2D eigenvalue weighted by molar-refractivity contribution is 5.93. The van der Waals surface area contributed by atoms with E-state index < -0.39 is 0 Å². The van der Waals surface area contributed by atoms with Gasteiger partial charge in [0.2, 0.25) is 5.91 Å². The van der Waals surface area contributed by atoms with Gasteiger partial charge in [-0.25, -0.2) is 0 Å². The van der Waals surface area contributed by atoms with E-state index in [-0.39, 0.29) is 17.9 Å². The topological polar surface area (TPSA) is 56.2 Å². The van der Waals surface area contributed by atoms with Crippen molar-refractivity contribution < 1.29 is 9.53 Å². The molecule has 1 N–H and O–H groups in total. The van der Waals surface area contributed by atoms with Crippen LogP contribution < -0.4 is 5.32 Å². The zero-order valence-electron chi connectivity index (χ0n) is 11.2. The molecular formula is C14H19N3O2. The summed E-state index contributed by atoms with van der Waals surface area (Å²) in [6.07, 6.45) is 6.73. The molecule has 2 aliphatic heterocycles. The zero-order valence-corrected chi connectivity index (χ0v) is 11.2. The quantitative estimate of drug-likeness (QED) is 0.876. The van der Waals surface area contributed by atoms with E-state index in [1.54, 1.807) is 0 Å². The number of ether oxygens (including phenoxy) is 1. The summed E-state index contributed by atoms with van der Waals surface area (Å²) in [6.45, 7) is 0. The molecule has 3 aliphatic rings. The molecular weight excluding hydrogens is 242 g/mol. The van der Waals surface area contributed by atoms with Crippen LogP contribution in [-0.2, 0) is 29.4 Å². The van der Waals surface area contributed by atoms with E-state index in [9.17, 15) is 4.79 Å². The average Bonchev–Trinajstić information content (AvgIpc) is 3.12. The van der Waals surface area contributed by atoms with Gasteiger partial charge in [-0.15, -0.1) is 0 Å². The molecule has 2 bridgehead atoms. The summed E-state index contributed by atoms with van der Waals surface area (Å²) in [5.74, 6) is 1.05. The Labute approximate surface area is 112 Å². The molecule has 3 heterocycles. The number of rotatable bonds is 2. The summed E-state index contributed by atoms with van der Waals surface area (Å²) in [7, 11) is 1.91. The molecule has 5 nitrogen and oxygen atoms in total. The largest absolute Gasteiger partial charge is 0.374 e. The number of aromatic nitrogens is 2. The Bertz CT molecular complexity index is 537. The van der Waals surface area contributed by atoms with Gasteiger partial charge < -0.3 is 10.1 Å². The first-order valence-electron chi connectivity index (χ1n) is 7.23. The number of fused-ring (bicyclic) bond motifs is 3. The van der Waals surface area contributed by atoms with Crippen molar-refractivity contribution >= 4 is 11.7 Å². The van der Waals surface area contributed by atoms with E-state index in [1.807, 2.05) is 11.7 Å². The van der Waals surface area contributed by atoms with Crippen molar-refractivity contribution in [1.82, 2.24) is 9.78 Å². The first-order valence-corrected chi connectivity index (χ1v) is 7.23. The van der Waals surface area contributed by atoms with Crippen LogP contribution in [0.4, 0.5) is 5.82 Å². The van der Waals surface area contributed by atoms with E-state index in [1.165, 1.54) is 5.56 Å². The highest BCUT2D eigenvalue weighted by atomic mass is 16.5. The second kappa shape index (κ2) is 4.07. The van der Waals surface area contributed by atoms with E-state index in [0.717, 1.165) is 50.0 Å². The molecule has 3 unspecified atom stereocenters. The minimum absolute atomic E-state index is 0.0331. The van der Waals surface area contributed by atoms with Crippen LogP contribution in [0.25, 0.3) is 0 Å². The summed E-state index contributed by atoms with van der Waals surface area (Å²) in [6, 6.07) is 0. The molecule has 5 heteroatoms. The molecule has 0 radical (unpaired) electrons. The molecule has 2 fully saturated rings. The number of anilines is 1. The number of hydrogen-bond donors (Lipinski definition) is 1. The van der Waals surface area contributed by atoms with E-state index in [0.29, 0.717) is 6.10 Å². The van der Waals surface area contributed by atoms with Crippen molar-refractivity contribution in [3.8, 4) is 0 Å². The lowest BCUT2D eigenvalue weighted by Gasteiger charge is -2.18. The van der Waals surface area contributed by atoms with Gasteiger partial charge in [0, 0.05) is 12.6 Å². The number of carbonyl (C=O) groups is 1. The summed E-state index contributed by atoms with van der Waals surface area (Å²) in [5.41, 5.74) is 2.39. The minimum atomic E-state index is 0.0331. The first-order chi connectivity index (χ1) is 9.22. The maximum atomic E-state index is 12.4. The lowest BCUT2D eigenvalue weighted by Crippen LogP contribution is -2.31. The van der Waals surface area contributed by atoms with Gasteiger partial charge in [0.25, 0.3) is 0 Å². The molecule has 1 aromatic heterocycles. The molecule has 4 rings (SSSR count). The molecule has 19 heavy (non-hydrogen) atoms. The highest BCUT2D eigenvalue weighted by Crippen LogP contribution is 2.39. The van der Waals surface area contributed by atoms with Gasteiger partial charge in [0.15, 0.2) is 0 Å². The molecule has 3 atom stereocenters. The highest BCUT2D eigenvalue weighted by Gasteiger charge is 2.44. The van der Waals surface area contributed by atoms with Crippen LogP contribution in [0.1, 0.15) is 36.9 Å². The first kappa shape index (κ1) is 11.5. The molecule has 102 valence electrons. The van der Waals surface area contributed by atoms with Crippen molar-refractivity contribution in [2.75, 3.05) is 5.32 Å². The van der Waals surface area contributed by atoms with Crippen LogP contribution in [0.3, 0.4) is 0 Å². The van der Waals surface area contributed by atoms with Gasteiger partial charge in [-0.2, -0.15) is 5.10 Å². The monoisotopic (exact) mass is 261 g/mol. The van der Waals surface area contributed by atoms with Crippen LogP contribution in [-0.4, -0.2) is 27.9 Å². The van der Waals surface area contributed by atoms with Gasteiger partial charge in [0.1, 0.15) is 5.82 Å². The second-order valence-corrected chi connectivity index (χ2v) is 5.96. The number of amides is 1. The van der Waals surface area contributed by atoms with E-state index in [2.05, 4.69) is 10.4 Å². The van der Waals surface area contributed by atoms with Crippen LogP contribution in [0.15, 0.2) is 0 Å². The smallest absolute Gasteiger partial charge is 0.231 e. The Morgan fingerprint density at radius 2 is 2.32 bits per heavy atom. The van der Waals surface area contributed by atoms with Gasteiger partial charge in [0.05, 0.1) is 23.8 Å². The third-order valence-corrected chi connectivity index (χ3v) is 4.75. The molecule has 0 aromatic carbocycles. The van der Waals surface area contributed by atoms with Gasteiger partial charge in [-0.05, 0) is 38.5 Å².